The number of nitrogens with one attached hydrogen (secondary N) is 1. The monoisotopic (exact) mass is 382 g/mol. The van der Waals surface area contributed by atoms with Gasteiger partial charge in [0, 0.05) is 17.9 Å². The number of benzene rings is 2. The van der Waals surface area contributed by atoms with Crippen LogP contribution in [0.5, 0.6) is 5.75 Å². The first-order chi connectivity index (χ1) is 13.1. The molecule has 2 amide bonds. The molecule has 0 aromatic heterocycles. The Morgan fingerprint density at radius 1 is 1.11 bits per heavy atom. The minimum absolute atomic E-state index is 0.0821. The summed E-state index contributed by atoms with van der Waals surface area (Å²) in [6, 6.07) is 14.9. The highest BCUT2D eigenvalue weighted by Gasteiger charge is 2.39. The third-order valence-electron chi connectivity index (χ3n) is 4.46. The van der Waals surface area contributed by atoms with Crippen molar-refractivity contribution >= 4 is 23.2 Å². The molecular formula is C23H30N2O3. The number of carbonyl (C=O) groups is 2. The van der Waals surface area contributed by atoms with Crippen molar-refractivity contribution in [2.45, 2.75) is 47.6 Å². The van der Waals surface area contributed by atoms with Gasteiger partial charge in [0.2, 0.25) is 11.8 Å². The molecule has 5 nitrogen and oxygen atoms in total. The summed E-state index contributed by atoms with van der Waals surface area (Å²) in [6.45, 7) is 11.6. The average molecular weight is 383 g/mol. The lowest BCUT2D eigenvalue weighted by molar-refractivity contribution is -0.136. The summed E-state index contributed by atoms with van der Waals surface area (Å²) in [4.78, 5) is 27.7. The molecule has 1 N–H and O–H groups in total. The zero-order valence-corrected chi connectivity index (χ0v) is 17.6. The molecule has 28 heavy (non-hydrogen) atoms. The molecule has 0 unspecified atom stereocenters. The molecule has 0 saturated carbocycles. The Labute approximate surface area is 167 Å². The van der Waals surface area contributed by atoms with Gasteiger partial charge in [0.15, 0.2) is 0 Å². The number of amides is 2. The van der Waals surface area contributed by atoms with Gasteiger partial charge in [-0.05, 0) is 83.5 Å². The second kappa shape index (κ2) is 8.91. The summed E-state index contributed by atoms with van der Waals surface area (Å²) in [7, 11) is 0. The van der Waals surface area contributed by atoms with Crippen LogP contribution in [0, 0.1) is 12.3 Å². The topological polar surface area (TPSA) is 58.6 Å². The van der Waals surface area contributed by atoms with Crippen molar-refractivity contribution in [3.05, 3.63) is 54.1 Å². The molecule has 0 spiro atoms. The van der Waals surface area contributed by atoms with Crippen LogP contribution < -0.4 is 15.0 Å². The lowest BCUT2D eigenvalue weighted by Gasteiger charge is -2.30. The minimum Gasteiger partial charge on any atom is -0.491 e. The van der Waals surface area contributed by atoms with E-state index in [4.69, 9.17) is 4.74 Å². The summed E-state index contributed by atoms with van der Waals surface area (Å²) in [5.41, 5.74) is 1.27. The highest BCUT2D eigenvalue weighted by molar-refractivity contribution is 6.14. The molecule has 0 aliphatic heterocycles. The van der Waals surface area contributed by atoms with Gasteiger partial charge in [-0.2, -0.15) is 0 Å². The number of ether oxygens (including phenoxy) is 1. The third kappa shape index (κ3) is 5.12. The van der Waals surface area contributed by atoms with Gasteiger partial charge in [-0.15, -0.1) is 0 Å². The van der Waals surface area contributed by atoms with Gasteiger partial charge in [0.25, 0.3) is 0 Å². The van der Waals surface area contributed by atoms with Crippen LogP contribution in [-0.2, 0) is 9.59 Å². The van der Waals surface area contributed by atoms with E-state index >= 15 is 0 Å². The molecule has 0 fully saturated rings. The first kappa shape index (κ1) is 21.5. The summed E-state index contributed by atoms with van der Waals surface area (Å²) in [5, 5.41) is 2.84. The molecular weight excluding hydrogens is 352 g/mol. The Hall–Kier alpha value is -2.82. The highest BCUT2D eigenvalue weighted by Crippen LogP contribution is 2.27. The summed E-state index contributed by atoms with van der Waals surface area (Å²) in [5.74, 6) is 0.152. The third-order valence-corrected chi connectivity index (χ3v) is 4.46. The lowest BCUT2D eigenvalue weighted by Crippen LogP contribution is -2.47. The maximum atomic E-state index is 13.2. The molecule has 2 aromatic rings. The fraction of sp³-hybridized carbons (Fsp3) is 0.391. The second-order valence-corrected chi connectivity index (χ2v) is 7.66. The van der Waals surface area contributed by atoms with E-state index in [9.17, 15) is 9.59 Å². The minimum atomic E-state index is -1.22. The van der Waals surface area contributed by atoms with Crippen molar-refractivity contribution in [1.29, 1.82) is 0 Å². The van der Waals surface area contributed by atoms with E-state index in [1.165, 1.54) is 0 Å². The maximum Gasteiger partial charge on any atom is 0.242 e. The van der Waals surface area contributed by atoms with Crippen LogP contribution in [-0.4, -0.2) is 24.5 Å². The number of aryl methyl sites for hydroxylation is 1. The Balaban J connectivity index is 2.15. The summed E-state index contributed by atoms with van der Waals surface area (Å²) < 4.78 is 5.61. The predicted molar refractivity (Wildman–Crippen MR) is 114 cm³/mol. The van der Waals surface area contributed by atoms with E-state index in [1.54, 1.807) is 43.0 Å². The Morgan fingerprint density at radius 2 is 1.75 bits per heavy atom. The molecule has 2 rings (SSSR count). The molecule has 0 aliphatic carbocycles. The molecule has 0 bridgehead atoms. The zero-order chi connectivity index (χ0) is 20.9. The van der Waals surface area contributed by atoms with Gasteiger partial charge in [-0.3, -0.25) is 9.59 Å². The molecule has 0 saturated heterocycles. The van der Waals surface area contributed by atoms with E-state index in [0.29, 0.717) is 12.2 Å². The lowest BCUT2D eigenvalue weighted by atomic mass is 9.89. The first-order valence-corrected chi connectivity index (χ1v) is 9.62. The fourth-order valence-electron chi connectivity index (χ4n) is 2.85. The van der Waals surface area contributed by atoms with Crippen LogP contribution in [0.4, 0.5) is 11.4 Å². The van der Waals surface area contributed by atoms with Gasteiger partial charge < -0.3 is 15.0 Å². The maximum absolute atomic E-state index is 13.2. The first-order valence-electron chi connectivity index (χ1n) is 9.62. The number of nitrogens with zero attached hydrogens (tertiary/aromatic N) is 1. The van der Waals surface area contributed by atoms with Crippen molar-refractivity contribution in [3.63, 3.8) is 0 Å². The van der Waals surface area contributed by atoms with Crippen molar-refractivity contribution in [2.75, 3.05) is 16.8 Å². The standard InChI is InChI=1S/C23H30N2O3/c1-7-25(19-10-8-9-17(4)15-19)22(27)23(5,6)21(26)24-18-11-13-20(14-12-18)28-16(2)3/h8-16H,7H2,1-6H3,(H,24,26). The Morgan fingerprint density at radius 3 is 2.29 bits per heavy atom. The average Bonchev–Trinajstić information content (AvgIpc) is 2.63. The van der Waals surface area contributed by atoms with Crippen LogP contribution in [0.1, 0.15) is 40.2 Å². The molecule has 0 radical (unpaired) electrons. The number of anilines is 2. The van der Waals surface area contributed by atoms with E-state index < -0.39 is 5.41 Å². The number of rotatable bonds is 7. The van der Waals surface area contributed by atoms with Crippen molar-refractivity contribution in [1.82, 2.24) is 0 Å². The molecule has 0 atom stereocenters. The van der Waals surface area contributed by atoms with Gasteiger partial charge in [0.05, 0.1) is 6.10 Å². The van der Waals surface area contributed by atoms with Gasteiger partial charge in [0.1, 0.15) is 11.2 Å². The van der Waals surface area contributed by atoms with E-state index in [1.807, 2.05) is 52.0 Å². The molecule has 0 aliphatic rings. The summed E-state index contributed by atoms with van der Waals surface area (Å²) >= 11 is 0. The van der Waals surface area contributed by atoms with Gasteiger partial charge in [-0.1, -0.05) is 12.1 Å². The van der Waals surface area contributed by atoms with E-state index in [0.717, 1.165) is 17.0 Å². The largest absolute Gasteiger partial charge is 0.491 e. The molecule has 5 heteroatoms. The zero-order valence-electron chi connectivity index (χ0n) is 17.6. The quantitative estimate of drug-likeness (QED) is 0.700. The SMILES string of the molecule is CCN(C(=O)C(C)(C)C(=O)Nc1ccc(OC(C)C)cc1)c1cccc(C)c1. The fourth-order valence-corrected chi connectivity index (χ4v) is 2.85. The van der Waals surface area contributed by atoms with E-state index in [2.05, 4.69) is 5.32 Å². The van der Waals surface area contributed by atoms with Gasteiger partial charge >= 0.3 is 0 Å². The smallest absolute Gasteiger partial charge is 0.242 e. The van der Waals surface area contributed by atoms with Gasteiger partial charge in [-0.25, -0.2) is 0 Å². The second-order valence-electron chi connectivity index (χ2n) is 7.66. The predicted octanol–water partition coefficient (Wildman–Crippen LogP) is 4.80. The molecule has 0 heterocycles. The van der Waals surface area contributed by atoms with Crippen molar-refractivity contribution in [2.24, 2.45) is 5.41 Å². The molecule has 150 valence electrons. The van der Waals surface area contributed by atoms with Crippen LogP contribution >= 0.6 is 0 Å². The number of hydrogen-bond acceptors (Lipinski definition) is 3. The highest BCUT2D eigenvalue weighted by atomic mass is 16.5. The van der Waals surface area contributed by atoms with Crippen LogP contribution in [0.15, 0.2) is 48.5 Å². The Bertz CT molecular complexity index is 826. The van der Waals surface area contributed by atoms with Crippen molar-refractivity contribution < 1.29 is 14.3 Å². The van der Waals surface area contributed by atoms with Crippen LogP contribution in [0.25, 0.3) is 0 Å². The van der Waals surface area contributed by atoms with E-state index in [-0.39, 0.29) is 17.9 Å². The number of carbonyl (C=O) groups excluding carboxylic acids is 2. The number of hydrogen-bond donors (Lipinski definition) is 1. The Kier molecular flexibility index (Phi) is 6.84. The van der Waals surface area contributed by atoms with Crippen molar-refractivity contribution in [3.8, 4) is 5.75 Å². The normalized spacial score (nSPS) is 11.2. The van der Waals surface area contributed by atoms with Crippen LogP contribution in [0.2, 0.25) is 0 Å². The molecule has 2 aromatic carbocycles. The summed E-state index contributed by atoms with van der Waals surface area (Å²) in [6.07, 6.45) is 0.0821. The van der Waals surface area contributed by atoms with Crippen LogP contribution in [0.3, 0.4) is 0 Å².